The second-order valence-electron chi connectivity index (χ2n) is 3.93. The summed E-state index contributed by atoms with van der Waals surface area (Å²) in [7, 11) is 0. The van der Waals surface area contributed by atoms with Gasteiger partial charge in [0.25, 0.3) is 0 Å². The molecule has 0 bridgehead atoms. The molecule has 90 valence electrons. The molecule has 1 aromatic heterocycles. The number of benzene rings is 1. The minimum atomic E-state index is 0.703. The maximum Gasteiger partial charge on any atom is 0.119 e. The van der Waals surface area contributed by atoms with Gasteiger partial charge < -0.3 is 10.1 Å². The highest BCUT2D eigenvalue weighted by molar-refractivity contribution is 7.10. The van der Waals surface area contributed by atoms with Gasteiger partial charge in [-0.05, 0) is 36.1 Å². The number of ether oxygens (including phenoxy) is 1. The molecule has 0 unspecified atom stereocenters. The standard InChI is InChI=1S/C14H17NOS/c1-12-9-14(17-11-12)10-15-7-8-16-13-5-3-2-4-6-13/h2-6,9,11,15H,7-8,10H2,1H3. The molecule has 0 radical (unpaired) electrons. The Morgan fingerprint density at radius 2 is 2.06 bits per heavy atom. The molecule has 2 nitrogen and oxygen atoms in total. The summed E-state index contributed by atoms with van der Waals surface area (Å²) in [6.07, 6.45) is 0. The Morgan fingerprint density at radius 1 is 1.24 bits per heavy atom. The lowest BCUT2D eigenvalue weighted by molar-refractivity contribution is 0.314. The highest BCUT2D eigenvalue weighted by Crippen LogP contribution is 2.12. The van der Waals surface area contributed by atoms with Crippen molar-refractivity contribution in [3.63, 3.8) is 0 Å². The predicted octanol–water partition coefficient (Wildman–Crippen LogP) is 3.23. The SMILES string of the molecule is Cc1csc(CNCCOc2ccccc2)c1. The van der Waals surface area contributed by atoms with Crippen LogP contribution in [0.1, 0.15) is 10.4 Å². The van der Waals surface area contributed by atoms with E-state index in [1.54, 1.807) is 11.3 Å². The van der Waals surface area contributed by atoms with Crippen molar-refractivity contribution in [3.8, 4) is 5.75 Å². The fraction of sp³-hybridized carbons (Fsp3) is 0.286. The zero-order valence-electron chi connectivity index (χ0n) is 9.98. The molecule has 0 aliphatic heterocycles. The van der Waals surface area contributed by atoms with Crippen molar-refractivity contribution in [1.82, 2.24) is 5.32 Å². The van der Waals surface area contributed by atoms with E-state index in [-0.39, 0.29) is 0 Å². The van der Waals surface area contributed by atoms with E-state index in [1.165, 1.54) is 10.4 Å². The molecule has 0 fully saturated rings. The van der Waals surface area contributed by atoms with Crippen LogP contribution in [-0.4, -0.2) is 13.2 Å². The van der Waals surface area contributed by atoms with E-state index >= 15 is 0 Å². The summed E-state index contributed by atoms with van der Waals surface area (Å²) in [6.45, 7) is 4.62. The van der Waals surface area contributed by atoms with Gasteiger partial charge in [-0.2, -0.15) is 0 Å². The van der Waals surface area contributed by atoms with Crippen LogP contribution in [0.15, 0.2) is 41.8 Å². The summed E-state index contributed by atoms with van der Waals surface area (Å²) in [6, 6.07) is 12.1. The largest absolute Gasteiger partial charge is 0.492 e. The molecule has 0 amide bonds. The summed E-state index contributed by atoms with van der Waals surface area (Å²) < 4.78 is 5.59. The molecule has 2 aromatic rings. The lowest BCUT2D eigenvalue weighted by atomic mass is 10.3. The van der Waals surface area contributed by atoms with E-state index in [2.05, 4.69) is 23.7 Å². The van der Waals surface area contributed by atoms with Crippen LogP contribution in [0.2, 0.25) is 0 Å². The maximum absolute atomic E-state index is 5.59. The normalized spacial score (nSPS) is 10.4. The van der Waals surface area contributed by atoms with Crippen LogP contribution < -0.4 is 10.1 Å². The Kier molecular flexibility index (Phi) is 4.59. The van der Waals surface area contributed by atoms with Gasteiger partial charge in [0.15, 0.2) is 0 Å². The van der Waals surface area contributed by atoms with Crippen molar-refractivity contribution >= 4 is 11.3 Å². The zero-order valence-corrected chi connectivity index (χ0v) is 10.8. The predicted molar refractivity (Wildman–Crippen MR) is 72.7 cm³/mol. The Morgan fingerprint density at radius 3 is 2.76 bits per heavy atom. The van der Waals surface area contributed by atoms with Gasteiger partial charge in [0.2, 0.25) is 0 Å². The Hall–Kier alpha value is -1.32. The van der Waals surface area contributed by atoms with Crippen LogP contribution in [-0.2, 0) is 6.54 Å². The fourth-order valence-corrected chi connectivity index (χ4v) is 2.40. The van der Waals surface area contributed by atoms with Crippen LogP contribution in [0.4, 0.5) is 0 Å². The molecule has 1 aromatic carbocycles. The molecule has 1 heterocycles. The molecule has 0 spiro atoms. The molecule has 0 aliphatic rings. The van der Waals surface area contributed by atoms with Crippen LogP contribution >= 0.6 is 11.3 Å². The molecular formula is C14H17NOS. The topological polar surface area (TPSA) is 21.3 Å². The third kappa shape index (κ3) is 4.21. The molecular weight excluding hydrogens is 230 g/mol. The van der Waals surface area contributed by atoms with E-state index in [9.17, 15) is 0 Å². The average molecular weight is 247 g/mol. The first-order valence-electron chi connectivity index (χ1n) is 5.77. The highest BCUT2D eigenvalue weighted by atomic mass is 32.1. The summed E-state index contributed by atoms with van der Waals surface area (Å²) in [5.41, 5.74) is 1.34. The first-order chi connectivity index (χ1) is 8.34. The number of hydrogen-bond donors (Lipinski definition) is 1. The molecule has 3 heteroatoms. The first kappa shape index (κ1) is 12.1. The molecule has 0 saturated carbocycles. The van der Waals surface area contributed by atoms with Gasteiger partial charge in [-0.25, -0.2) is 0 Å². The quantitative estimate of drug-likeness (QED) is 0.791. The first-order valence-corrected chi connectivity index (χ1v) is 6.65. The molecule has 17 heavy (non-hydrogen) atoms. The number of aryl methyl sites for hydroxylation is 1. The third-order valence-electron chi connectivity index (χ3n) is 2.37. The van der Waals surface area contributed by atoms with E-state index in [4.69, 9.17) is 4.74 Å². The van der Waals surface area contributed by atoms with Gasteiger partial charge in [0.05, 0.1) is 0 Å². The van der Waals surface area contributed by atoms with Gasteiger partial charge in [-0.1, -0.05) is 18.2 Å². The molecule has 1 N–H and O–H groups in total. The van der Waals surface area contributed by atoms with E-state index in [0.29, 0.717) is 6.61 Å². The number of para-hydroxylation sites is 1. The van der Waals surface area contributed by atoms with Crippen molar-refractivity contribution in [1.29, 1.82) is 0 Å². The number of hydrogen-bond acceptors (Lipinski definition) is 3. The monoisotopic (exact) mass is 247 g/mol. The second-order valence-corrected chi connectivity index (χ2v) is 4.92. The van der Waals surface area contributed by atoms with Crippen molar-refractivity contribution in [2.75, 3.05) is 13.2 Å². The fourth-order valence-electron chi connectivity index (χ4n) is 1.55. The summed E-state index contributed by atoms with van der Waals surface area (Å²) in [5, 5.41) is 5.55. The molecule has 2 rings (SSSR count). The number of thiophene rings is 1. The Bertz CT molecular complexity index is 438. The Labute approximate surface area is 106 Å². The van der Waals surface area contributed by atoms with E-state index < -0.39 is 0 Å². The third-order valence-corrected chi connectivity index (χ3v) is 3.43. The molecule has 0 saturated heterocycles. The van der Waals surface area contributed by atoms with Gasteiger partial charge in [0, 0.05) is 18.0 Å². The van der Waals surface area contributed by atoms with Crippen molar-refractivity contribution in [2.45, 2.75) is 13.5 Å². The van der Waals surface area contributed by atoms with Gasteiger partial charge in [0.1, 0.15) is 12.4 Å². The van der Waals surface area contributed by atoms with Gasteiger partial charge in [-0.3, -0.25) is 0 Å². The minimum absolute atomic E-state index is 0.703. The lowest BCUT2D eigenvalue weighted by Crippen LogP contribution is -2.20. The summed E-state index contributed by atoms with van der Waals surface area (Å²) in [4.78, 5) is 1.38. The van der Waals surface area contributed by atoms with E-state index in [0.717, 1.165) is 18.8 Å². The van der Waals surface area contributed by atoms with Crippen molar-refractivity contribution in [3.05, 3.63) is 52.2 Å². The van der Waals surface area contributed by atoms with E-state index in [1.807, 2.05) is 30.3 Å². The smallest absolute Gasteiger partial charge is 0.119 e. The molecule has 0 atom stereocenters. The van der Waals surface area contributed by atoms with Crippen LogP contribution in [0, 0.1) is 6.92 Å². The summed E-state index contributed by atoms with van der Waals surface area (Å²) >= 11 is 1.80. The van der Waals surface area contributed by atoms with Crippen molar-refractivity contribution < 1.29 is 4.74 Å². The van der Waals surface area contributed by atoms with Crippen LogP contribution in [0.25, 0.3) is 0 Å². The van der Waals surface area contributed by atoms with Gasteiger partial charge >= 0.3 is 0 Å². The zero-order chi connectivity index (χ0) is 11.9. The van der Waals surface area contributed by atoms with Crippen molar-refractivity contribution in [2.24, 2.45) is 0 Å². The second kappa shape index (κ2) is 6.42. The van der Waals surface area contributed by atoms with Crippen LogP contribution in [0.5, 0.6) is 5.75 Å². The summed E-state index contributed by atoms with van der Waals surface area (Å²) in [5.74, 6) is 0.932. The maximum atomic E-state index is 5.59. The minimum Gasteiger partial charge on any atom is -0.492 e. The number of nitrogens with one attached hydrogen (secondary N) is 1. The average Bonchev–Trinajstić information content (AvgIpc) is 2.76. The lowest BCUT2D eigenvalue weighted by Gasteiger charge is -2.06. The Balaban J connectivity index is 1.61. The van der Waals surface area contributed by atoms with Crippen LogP contribution in [0.3, 0.4) is 0 Å². The highest BCUT2D eigenvalue weighted by Gasteiger charge is 1.96. The number of rotatable bonds is 6. The molecule has 0 aliphatic carbocycles. The van der Waals surface area contributed by atoms with Gasteiger partial charge in [-0.15, -0.1) is 11.3 Å².